The Morgan fingerprint density at radius 3 is 2.20 bits per heavy atom. The van der Waals surface area contributed by atoms with Gasteiger partial charge in [-0.25, -0.2) is 0 Å². The van der Waals surface area contributed by atoms with E-state index < -0.39 is 17.9 Å². The van der Waals surface area contributed by atoms with E-state index in [0.29, 0.717) is 19.4 Å². The fourth-order valence-corrected chi connectivity index (χ4v) is 4.72. The molecule has 0 aromatic carbocycles. The zero-order valence-corrected chi connectivity index (χ0v) is 28.2. The van der Waals surface area contributed by atoms with Crippen molar-refractivity contribution in [1.29, 1.82) is 0 Å². The molecule has 1 unspecified atom stereocenters. The second kappa shape index (κ2) is 22.6. The third-order valence-electron chi connectivity index (χ3n) is 7.49. The van der Waals surface area contributed by atoms with E-state index in [0.717, 1.165) is 44.9 Å². The summed E-state index contributed by atoms with van der Waals surface area (Å²) in [6.45, 7) is 8.54. The van der Waals surface area contributed by atoms with E-state index in [9.17, 15) is 24.0 Å². The topological polar surface area (TPSA) is 148 Å². The molecule has 254 valence electrons. The van der Waals surface area contributed by atoms with Crippen molar-refractivity contribution in [3.63, 3.8) is 0 Å². The summed E-state index contributed by atoms with van der Waals surface area (Å²) in [5.74, 6) is -1.54. The first-order valence-electron chi connectivity index (χ1n) is 16.2. The zero-order chi connectivity index (χ0) is 33.6. The van der Waals surface area contributed by atoms with Gasteiger partial charge in [-0.05, 0) is 51.0 Å². The number of hydrogen-bond donors (Lipinski definition) is 3. The first-order valence-corrected chi connectivity index (χ1v) is 16.2. The molecule has 12 nitrogen and oxygen atoms in total. The van der Waals surface area contributed by atoms with Crippen molar-refractivity contribution < 1.29 is 33.5 Å². The van der Waals surface area contributed by atoms with E-state index >= 15 is 0 Å². The highest BCUT2D eigenvalue weighted by Gasteiger charge is 2.32. The molecule has 0 bridgehead atoms. The molecule has 1 aromatic heterocycles. The quantitative estimate of drug-likeness (QED) is 0.322. The first kappa shape index (κ1) is 39.2. The molecule has 0 radical (unpaired) electrons. The third kappa shape index (κ3) is 14.7. The molecule has 1 aromatic rings. The average Bonchev–Trinajstić information content (AvgIpc) is 3.40. The maximum Gasteiger partial charge on any atom is 0.305 e. The number of allylic oxidation sites excluding steroid dienone is 1. The van der Waals surface area contributed by atoms with Gasteiger partial charge in [0.2, 0.25) is 23.6 Å². The Hall–Kier alpha value is -3.83. The number of nitrogens with one attached hydrogen (secondary N) is 3. The van der Waals surface area contributed by atoms with Crippen molar-refractivity contribution >= 4 is 35.7 Å². The Bertz CT molecular complexity index is 1070. The minimum absolute atomic E-state index is 0.0940. The van der Waals surface area contributed by atoms with Crippen molar-refractivity contribution in [2.75, 3.05) is 40.4 Å². The number of piperidine rings is 1. The lowest BCUT2D eigenvalue weighted by Gasteiger charge is -2.35. The second-order valence-corrected chi connectivity index (χ2v) is 11.0. The van der Waals surface area contributed by atoms with Crippen LogP contribution in [-0.4, -0.2) is 85.7 Å². The van der Waals surface area contributed by atoms with Gasteiger partial charge in [0.1, 0.15) is 13.2 Å². The van der Waals surface area contributed by atoms with Gasteiger partial charge in [0.05, 0.1) is 32.4 Å². The van der Waals surface area contributed by atoms with Crippen LogP contribution in [0.25, 0.3) is 6.08 Å². The molecule has 12 heteroatoms. The van der Waals surface area contributed by atoms with Crippen LogP contribution in [0.3, 0.4) is 0 Å². The van der Waals surface area contributed by atoms with Gasteiger partial charge in [0, 0.05) is 24.7 Å². The fourth-order valence-electron chi connectivity index (χ4n) is 4.72. The van der Waals surface area contributed by atoms with Gasteiger partial charge in [-0.1, -0.05) is 58.6 Å². The van der Waals surface area contributed by atoms with E-state index in [2.05, 4.69) is 60.5 Å². The SMILES string of the molecule is CCCC.CCCCCC(=O)OC.COn1cc(C)c2c1CCC=C2.O=C1CNC(=O)CNC(=O)C2CCCCN2C(=O)CN1. The molecule has 4 rings (SSSR count). The predicted octanol–water partition coefficient (Wildman–Crippen LogP) is 3.09. The van der Waals surface area contributed by atoms with Gasteiger partial charge in [-0.15, -0.1) is 0 Å². The average molecular weight is 634 g/mol. The van der Waals surface area contributed by atoms with Gasteiger partial charge in [-0.3, -0.25) is 24.0 Å². The van der Waals surface area contributed by atoms with E-state index in [-0.39, 0.29) is 37.4 Å². The lowest BCUT2D eigenvalue weighted by Crippen LogP contribution is -2.56. The molecule has 1 atom stereocenters. The second-order valence-electron chi connectivity index (χ2n) is 11.0. The van der Waals surface area contributed by atoms with Crippen molar-refractivity contribution in [3.8, 4) is 0 Å². The highest BCUT2D eigenvalue weighted by molar-refractivity contribution is 5.94. The molecule has 45 heavy (non-hydrogen) atoms. The number of nitrogens with zero attached hydrogens (tertiary/aromatic N) is 2. The highest BCUT2D eigenvalue weighted by atomic mass is 16.6. The predicted molar refractivity (Wildman–Crippen MR) is 174 cm³/mol. The summed E-state index contributed by atoms with van der Waals surface area (Å²) in [5.41, 5.74) is 3.93. The number of esters is 1. The summed E-state index contributed by atoms with van der Waals surface area (Å²) in [7, 11) is 3.13. The minimum atomic E-state index is -0.555. The van der Waals surface area contributed by atoms with Crippen LogP contribution in [0.15, 0.2) is 12.3 Å². The van der Waals surface area contributed by atoms with E-state index in [1.165, 1.54) is 41.7 Å². The maximum absolute atomic E-state index is 12.1. The first-order chi connectivity index (χ1) is 21.6. The molecule has 2 aliphatic heterocycles. The third-order valence-corrected chi connectivity index (χ3v) is 7.49. The van der Waals surface area contributed by atoms with Gasteiger partial charge in [-0.2, -0.15) is 4.73 Å². The van der Waals surface area contributed by atoms with Crippen molar-refractivity contribution in [2.24, 2.45) is 0 Å². The zero-order valence-electron chi connectivity index (χ0n) is 28.2. The summed E-state index contributed by atoms with van der Waals surface area (Å²) < 4.78 is 6.33. The number of hydrogen-bond acceptors (Lipinski definition) is 7. The van der Waals surface area contributed by atoms with Crippen LogP contribution in [0.2, 0.25) is 0 Å². The Kier molecular flexibility index (Phi) is 19.7. The minimum Gasteiger partial charge on any atom is -0.469 e. The lowest BCUT2D eigenvalue weighted by atomic mass is 10.0. The van der Waals surface area contributed by atoms with Crippen LogP contribution in [-0.2, 0) is 35.1 Å². The van der Waals surface area contributed by atoms with E-state index in [1.807, 2.05) is 10.9 Å². The normalized spacial score (nSPS) is 17.7. The largest absolute Gasteiger partial charge is 0.469 e. The van der Waals surface area contributed by atoms with Gasteiger partial charge in [0.15, 0.2) is 0 Å². The summed E-state index contributed by atoms with van der Waals surface area (Å²) in [4.78, 5) is 64.1. The van der Waals surface area contributed by atoms with Crippen LogP contribution in [0, 0.1) is 6.92 Å². The summed E-state index contributed by atoms with van der Waals surface area (Å²) in [5, 5.41) is 7.32. The Morgan fingerprint density at radius 1 is 0.911 bits per heavy atom. The Labute approximate surface area is 268 Å². The number of fused-ring (bicyclic) bond motifs is 2. The Balaban J connectivity index is 0.000000344. The van der Waals surface area contributed by atoms with Crippen molar-refractivity contribution in [1.82, 2.24) is 25.6 Å². The van der Waals surface area contributed by atoms with Gasteiger partial charge in [0.25, 0.3) is 0 Å². The number of carbonyl (C=O) groups excluding carboxylic acids is 5. The molecule has 1 aliphatic carbocycles. The van der Waals surface area contributed by atoms with Crippen LogP contribution in [0.4, 0.5) is 0 Å². The molecule has 0 spiro atoms. The molecule has 3 aliphatic rings. The molecule has 3 heterocycles. The molecule has 2 fully saturated rings. The molecule has 4 amide bonds. The number of unbranched alkanes of at least 4 members (excludes halogenated alkanes) is 3. The van der Waals surface area contributed by atoms with Crippen molar-refractivity contribution in [2.45, 2.75) is 104 Å². The smallest absolute Gasteiger partial charge is 0.305 e. The lowest BCUT2D eigenvalue weighted by molar-refractivity contribution is -0.143. The highest BCUT2D eigenvalue weighted by Crippen LogP contribution is 2.23. The fraction of sp³-hybridized carbons (Fsp3) is 0.667. The Morgan fingerprint density at radius 2 is 1.58 bits per heavy atom. The molecular weight excluding hydrogens is 578 g/mol. The van der Waals surface area contributed by atoms with E-state index in [4.69, 9.17) is 4.84 Å². The van der Waals surface area contributed by atoms with Gasteiger partial charge < -0.3 is 30.4 Å². The monoisotopic (exact) mass is 633 g/mol. The molecule has 3 N–H and O–H groups in total. The van der Waals surface area contributed by atoms with Crippen LogP contribution in [0.5, 0.6) is 0 Å². The summed E-state index contributed by atoms with van der Waals surface area (Å²) >= 11 is 0. The number of aromatic nitrogens is 1. The van der Waals surface area contributed by atoms with Crippen LogP contribution in [0.1, 0.15) is 102 Å². The number of rotatable bonds is 6. The maximum atomic E-state index is 12.1. The molecule has 0 saturated carbocycles. The number of aryl methyl sites for hydroxylation is 1. The number of amides is 4. The van der Waals surface area contributed by atoms with Gasteiger partial charge >= 0.3 is 5.97 Å². The van der Waals surface area contributed by atoms with Crippen molar-refractivity contribution in [3.05, 3.63) is 29.1 Å². The number of ether oxygens (including phenoxy) is 1. The number of carbonyl (C=O) groups is 5. The molecular formula is C33H55N5O7. The molecule has 2 saturated heterocycles. The van der Waals surface area contributed by atoms with Crippen LogP contribution >= 0.6 is 0 Å². The number of methoxy groups -OCH3 is 1. The van der Waals surface area contributed by atoms with E-state index in [1.54, 1.807) is 7.11 Å². The summed E-state index contributed by atoms with van der Waals surface area (Å²) in [6.07, 6.45) is 17.4. The summed E-state index contributed by atoms with van der Waals surface area (Å²) in [6, 6.07) is -0.555. The standard InChI is InChI=1S/C12H18N4O4.C10H13NO.C7H14O2.C4H10/c17-9-5-13-10(18)6-15-12(20)8-3-1-2-4-16(8)11(19)7-14-9;1-8-7-11(12-2)10-6-4-3-5-9(8)10;1-3-4-5-6-7(8)9-2;1-3-4-2/h8H,1-7H2,(H,13,18)(H,14,17)(H,15,20);3,5,7H,4,6H2,1-2H3;3-6H2,1-2H3;3-4H2,1-2H3. The van der Waals surface area contributed by atoms with Crippen LogP contribution < -0.4 is 20.8 Å².